The summed E-state index contributed by atoms with van der Waals surface area (Å²) in [6.45, 7) is 5.40. The molecule has 2 heterocycles. The maximum absolute atomic E-state index is 13.3. The van der Waals surface area contributed by atoms with Crippen molar-refractivity contribution in [3.63, 3.8) is 0 Å². The van der Waals surface area contributed by atoms with Gasteiger partial charge in [0.15, 0.2) is 0 Å². The van der Waals surface area contributed by atoms with E-state index < -0.39 is 35.3 Å². The first-order chi connectivity index (χ1) is 13.9. The largest absolute Gasteiger partial charge is 0.465 e. The van der Waals surface area contributed by atoms with Crippen molar-refractivity contribution in [2.24, 2.45) is 0 Å². The van der Waals surface area contributed by atoms with Crippen LogP contribution in [0.3, 0.4) is 0 Å². The van der Waals surface area contributed by atoms with E-state index in [0.717, 1.165) is 11.0 Å². The van der Waals surface area contributed by atoms with E-state index in [-0.39, 0.29) is 23.5 Å². The molecule has 1 saturated heterocycles. The van der Waals surface area contributed by atoms with Crippen LogP contribution >= 0.6 is 0 Å². The SMILES string of the molecule is CC(C)(C)N(C(=O)O)[C@H]1CCN(c2ccc(-c3ccccc3C(F)(F)F)cn2)C1=O. The van der Waals surface area contributed by atoms with Gasteiger partial charge in [0.05, 0.1) is 5.56 Å². The molecule has 2 amide bonds. The van der Waals surface area contributed by atoms with Crippen LogP contribution < -0.4 is 4.90 Å². The zero-order valence-electron chi connectivity index (χ0n) is 16.8. The van der Waals surface area contributed by atoms with Gasteiger partial charge < -0.3 is 5.11 Å². The lowest BCUT2D eigenvalue weighted by Crippen LogP contribution is -2.54. The number of aromatic nitrogens is 1. The lowest BCUT2D eigenvalue weighted by atomic mass is 10.0. The van der Waals surface area contributed by atoms with E-state index in [2.05, 4.69) is 4.98 Å². The average molecular weight is 421 g/mol. The molecular formula is C21H22F3N3O3. The maximum Gasteiger partial charge on any atom is 0.417 e. The molecule has 1 N–H and O–H groups in total. The van der Waals surface area contributed by atoms with Crippen LogP contribution in [0.2, 0.25) is 0 Å². The third-order valence-corrected chi connectivity index (χ3v) is 4.99. The van der Waals surface area contributed by atoms with Gasteiger partial charge in [0, 0.05) is 23.8 Å². The fourth-order valence-corrected chi connectivity index (χ4v) is 3.71. The molecule has 0 aliphatic carbocycles. The third-order valence-electron chi connectivity index (χ3n) is 4.99. The minimum Gasteiger partial charge on any atom is -0.465 e. The van der Waals surface area contributed by atoms with Crippen LogP contribution in [-0.2, 0) is 11.0 Å². The molecule has 1 atom stereocenters. The Morgan fingerprint density at radius 3 is 2.37 bits per heavy atom. The van der Waals surface area contributed by atoms with E-state index >= 15 is 0 Å². The average Bonchev–Trinajstić information content (AvgIpc) is 3.01. The number of carbonyl (C=O) groups excluding carboxylic acids is 1. The van der Waals surface area contributed by atoms with Crippen LogP contribution in [-0.4, -0.2) is 45.1 Å². The Morgan fingerprint density at radius 1 is 1.17 bits per heavy atom. The Labute approximate surface area is 171 Å². The molecule has 1 aliphatic heterocycles. The van der Waals surface area contributed by atoms with Crippen molar-refractivity contribution in [1.29, 1.82) is 0 Å². The lowest BCUT2D eigenvalue weighted by molar-refractivity contribution is -0.137. The highest BCUT2D eigenvalue weighted by atomic mass is 19.4. The number of carboxylic acid groups (broad SMARTS) is 1. The lowest BCUT2D eigenvalue weighted by Gasteiger charge is -2.36. The molecule has 9 heteroatoms. The van der Waals surface area contributed by atoms with E-state index in [1.807, 2.05) is 0 Å². The van der Waals surface area contributed by atoms with Gasteiger partial charge in [-0.2, -0.15) is 13.2 Å². The molecule has 30 heavy (non-hydrogen) atoms. The number of hydrogen-bond donors (Lipinski definition) is 1. The van der Waals surface area contributed by atoms with Gasteiger partial charge in [-0.1, -0.05) is 18.2 Å². The molecule has 6 nitrogen and oxygen atoms in total. The zero-order chi connectivity index (χ0) is 22.3. The second kappa shape index (κ2) is 7.62. The zero-order valence-corrected chi connectivity index (χ0v) is 16.8. The summed E-state index contributed by atoms with van der Waals surface area (Å²) in [5.41, 5.74) is -1.25. The number of alkyl halides is 3. The highest BCUT2D eigenvalue weighted by molar-refractivity contribution is 6.00. The van der Waals surface area contributed by atoms with Gasteiger partial charge in [-0.25, -0.2) is 9.78 Å². The number of amides is 2. The fraction of sp³-hybridized carbons (Fsp3) is 0.381. The van der Waals surface area contributed by atoms with E-state index in [1.165, 1.54) is 41.4 Å². The Morgan fingerprint density at radius 2 is 1.83 bits per heavy atom. The molecule has 0 unspecified atom stereocenters. The van der Waals surface area contributed by atoms with Crippen molar-refractivity contribution < 1.29 is 27.9 Å². The Hall–Kier alpha value is -3.10. The summed E-state index contributed by atoms with van der Waals surface area (Å²) in [5.74, 6) is -0.127. The first-order valence-corrected chi connectivity index (χ1v) is 9.37. The molecule has 2 aromatic rings. The van der Waals surface area contributed by atoms with Gasteiger partial charge in [0.25, 0.3) is 5.91 Å². The van der Waals surface area contributed by atoms with Gasteiger partial charge in [-0.05, 0) is 51.0 Å². The van der Waals surface area contributed by atoms with E-state index in [1.54, 1.807) is 20.8 Å². The molecule has 3 rings (SSSR count). The van der Waals surface area contributed by atoms with Crippen molar-refractivity contribution in [2.45, 2.75) is 44.9 Å². The molecule has 1 fully saturated rings. The van der Waals surface area contributed by atoms with Crippen molar-refractivity contribution in [3.8, 4) is 11.1 Å². The van der Waals surface area contributed by atoms with Crippen molar-refractivity contribution in [2.75, 3.05) is 11.4 Å². The maximum atomic E-state index is 13.3. The van der Waals surface area contributed by atoms with E-state index in [4.69, 9.17) is 0 Å². The first-order valence-electron chi connectivity index (χ1n) is 9.37. The molecular weight excluding hydrogens is 399 g/mol. The molecule has 160 valence electrons. The van der Waals surface area contributed by atoms with Gasteiger partial charge >= 0.3 is 12.3 Å². The van der Waals surface area contributed by atoms with Crippen LogP contribution in [0, 0.1) is 0 Å². The number of pyridine rings is 1. The highest BCUT2D eigenvalue weighted by Crippen LogP contribution is 2.37. The van der Waals surface area contributed by atoms with Crippen molar-refractivity contribution in [3.05, 3.63) is 48.2 Å². The molecule has 1 aromatic carbocycles. The summed E-state index contributed by atoms with van der Waals surface area (Å²) in [7, 11) is 0. The number of halogens is 3. The molecule has 0 saturated carbocycles. The van der Waals surface area contributed by atoms with Gasteiger partial charge in [-0.15, -0.1) is 0 Å². The number of rotatable bonds is 3. The summed E-state index contributed by atoms with van der Waals surface area (Å²) in [4.78, 5) is 31.2. The second-order valence-corrected chi connectivity index (χ2v) is 8.07. The van der Waals surface area contributed by atoms with Crippen molar-refractivity contribution in [1.82, 2.24) is 9.88 Å². The summed E-state index contributed by atoms with van der Waals surface area (Å²) < 4.78 is 39.8. The quantitative estimate of drug-likeness (QED) is 0.783. The number of benzene rings is 1. The monoisotopic (exact) mass is 421 g/mol. The summed E-state index contributed by atoms with van der Waals surface area (Å²) in [6.07, 6.45) is -4.09. The predicted octanol–water partition coefficient (Wildman–Crippen LogP) is 4.65. The number of hydrogen-bond acceptors (Lipinski definition) is 3. The summed E-state index contributed by atoms with van der Waals surface area (Å²) >= 11 is 0. The number of carbonyl (C=O) groups is 2. The summed E-state index contributed by atoms with van der Waals surface area (Å²) in [5, 5.41) is 9.55. The fourth-order valence-electron chi connectivity index (χ4n) is 3.71. The topological polar surface area (TPSA) is 73.7 Å². The minimum atomic E-state index is -4.50. The number of nitrogens with zero attached hydrogens (tertiary/aromatic N) is 3. The normalized spacial score (nSPS) is 17.3. The second-order valence-electron chi connectivity index (χ2n) is 8.07. The molecule has 0 spiro atoms. The van der Waals surface area contributed by atoms with Crippen LogP contribution in [0.1, 0.15) is 32.8 Å². The van der Waals surface area contributed by atoms with Crippen LogP contribution in [0.5, 0.6) is 0 Å². The standard InChI is InChI=1S/C21H22F3N3O3/c1-20(2,3)27(19(29)30)16-10-11-26(18(16)28)17-9-8-13(12-25-17)14-6-4-5-7-15(14)21(22,23)24/h4-9,12,16H,10-11H2,1-3H3,(H,29,30)/t16-/m0/s1. The molecule has 0 bridgehead atoms. The summed E-state index contributed by atoms with van der Waals surface area (Å²) in [6, 6.07) is 7.32. The van der Waals surface area contributed by atoms with Crippen LogP contribution in [0.4, 0.5) is 23.8 Å². The minimum absolute atomic E-state index is 0.000500. The molecule has 1 aliphatic rings. The van der Waals surface area contributed by atoms with Gasteiger partial charge in [0.2, 0.25) is 0 Å². The van der Waals surface area contributed by atoms with E-state index in [9.17, 15) is 27.9 Å². The van der Waals surface area contributed by atoms with Gasteiger partial charge in [-0.3, -0.25) is 14.6 Å². The Kier molecular flexibility index (Phi) is 5.49. The van der Waals surface area contributed by atoms with Crippen molar-refractivity contribution >= 4 is 17.8 Å². The predicted molar refractivity (Wildman–Crippen MR) is 105 cm³/mol. The molecule has 1 aromatic heterocycles. The third kappa shape index (κ3) is 4.10. The van der Waals surface area contributed by atoms with E-state index in [0.29, 0.717) is 6.42 Å². The Bertz CT molecular complexity index is 952. The van der Waals surface area contributed by atoms with Crippen LogP contribution in [0.25, 0.3) is 11.1 Å². The Balaban J connectivity index is 1.87. The van der Waals surface area contributed by atoms with Gasteiger partial charge in [0.1, 0.15) is 11.9 Å². The van der Waals surface area contributed by atoms with Crippen LogP contribution in [0.15, 0.2) is 42.6 Å². The highest BCUT2D eigenvalue weighted by Gasteiger charge is 2.43. The number of anilines is 1. The molecule has 0 radical (unpaired) electrons. The smallest absolute Gasteiger partial charge is 0.417 e. The first kappa shape index (κ1) is 21.6.